The molecule has 1 amide bonds. The number of hydrogen-bond donors (Lipinski definition) is 1. The number of anilines is 1. The van der Waals surface area contributed by atoms with E-state index in [1.165, 1.54) is 0 Å². The Hall–Kier alpha value is -2.07. The number of rotatable bonds is 3. The van der Waals surface area contributed by atoms with Crippen molar-refractivity contribution in [3.63, 3.8) is 0 Å². The molecule has 2 fully saturated rings. The lowest BCUT2D eigenvalue weighted by Gasteiger charge is -2.36. The quantitative estimate of drug-likeness (QED) is 0.852. The Morgan fingerprint density at radius 2 is 2.29 bits per heavy atom. The van der Waals surface area contributed by atoms with E-state index >= 15 is 0 Å². The van der Waals surface area contributed by atoms with Gasteiger partial charge in [-0.2, -0.15) is 10.4 Å². The van der Waals surface area contributed by atoms with Crippen molar-refractivity contribution in [3.05, 3.63) is 11.3 Å². The molecule has 1 N–H and O–H groups in total. The molecule has 1 aromatic heterocycles. The van der Waals surface area contributed by atoms with Gasteiger partial charge in [-0.05, 0) is 19.8 Å². The van der Waals surface area contributed by atoms with E-state index in [2.05, 4.69) is 16.5 Å². The van der Waals surface area contributed by atoms with Crippen molar-refractivity contribution in [2.24, 2.45) is 7.05 Å². The van der Waals surface area contributed by atoms with Gasteiger partial charge in [0.2, 0.25) is 5.91 Å². The number of nitrogens with zero attached hydrogens (tertiary/aromatic N) is 4. The highest BCUT2D eigenvalue weighted by Crippen LogP contribution is 2.26. The van der Waals surface area contributed by atoms with Gasteiger partial charge in [0, 0.05) is 19.6 Å². The lowest BCUT2D eigenvalue weighted by molar-refractivity contribution is -0.124. The second kappa shape index (κ2) is 5.37. The summed E-state index contributed by atoms with van der Waals surface area (Å²) < 4.78 is 7.14. The molecular formula is C14H19N5O2. The number of amides is 1. The third-order valence-electron chi connectivity index (χ3n) is 3.93. The molecule has 2 aliphatic rings. The molecule has 1 saturated heterocycles. The summed E-state index contributed by atoms with van der Waals surface area (Å²) in [5.74, 6) is 0.675. The van der Waals surface area contributed by atoms with Crippen molar-refractivity contribution in [2.75, 3.05) is 24.7 Å². The van der Waals surface area contributed by atoms with Crippen LogP contribution in [0.1, 0.15) is 24.1 Å². The molecule has 1 aliphatic heterocycles. The van der Waals surface area contributed by atoms with E-state index in [1.807, 2.05) is 11.8 Å². The van der Waals surface area contributed by atoms with Crippen LogP contribution in [0.5, 0.6) is 0 Å². The Balaban J connectivity index is 1.90. The SMILES string of the molecule is Cc1nn(C)c(N2CCOCC2C(=O)NC2CC2)c1C#N. The number of nitriles is 1. The standard InChI is InChI=1S/C14H19N5O2/c1-9-11(7-15)14(18(2)17-9)19-5-6-21-8-12(19)13(20)16-10-3-4-10/h10,12H,3-6,8H2,1-2H3,(H,16,20). The average molecular weight is 289 g/mol. The van der Waals surface area contributed by atoms with Crippen LogP contribution in [-0.4, -0.2) is 47.5 Å². The normalized spacial score (nSPS) is 22.0. The fraction of sp³-hybridized carbons (Fsp3) is 0.643. The molecule has 7 heteroatoms. The first-order chi connectivity index (χ1) is 10.1. The fourth-order valence-electron chi connectivity index (χ4n) is 2.71. The number of ether oxygens (including phenoxy) is 1. The number of carbonyl (C=O) groups is 1. The van der Waals surface area contributed by atoms with Crippen LogP contribution in [0.15, 0.2) is 0 Å². The highest BCUT2D eigenvalue weighted by Gasteiger charge is 2.35. The molecule has 1 atom stereocenters. The summed E-state index contributed by atoms with van der Waals surface area (Å²) in [7, 11) is 1.80. The molecule has 0 aromatic carbocycles. The second-order valence-corrected chi connectivity index (χ2v) is 5.59. The van der Waals surface area contributed by atoms with Gasteiger partial charge in [-0.3, -0.25) is 9.48 Å². The Bertz CT molecular complexity index is 599. The molecule has 0 bridgehead atoms. The first-order valence-corrected chi connectivity index (χ1v) is 7.20. The van der Waals surface area contributed by atoms with Crippen LogP contribution in [0.25, 0.3) is 0 Å². The van der Waals surface area contributed by atoms with Crippen LogP contribution in [0.3, 0.4) is 0 Å². The van der Waals surface area contributed by atoms with E-state index in [1.54, 1.807) is 11.7 Å². The zero-order chi connectivity index (χ0) is 15.0. The molecule has 0 radical (unpaired) electrons. The molecule has 0 spiro atoms. The summed E-state index contributed by atoms with van der Waals surface area (Å²) in [6.45, 7) is 3.27. The van der Waals surface area contributed by atoms with Gasteiger partial charge in [0.15, 0.2) is 0 Å². The van der Waals surface area contributed by atoms with E-state index in [4.69, 9.17) is 4.74 Å². The van der Waals surface area contributed by atoms with Gasteiger partial charge < -0.3 is 15.0 Å². The molecular weight excluding hydrogens is 270 g/mol. The maximum Gasteiger partial charge on any atom is 0.245 e. The van der Waals surface area contributed by atoms with E-state index in [0.29, 0.717) is 42.9 Å². The summed E-state index contributed by atoms with van der Waals surface area (Å²) >= 11 is 0. The van der Waals surface area contributed by atoms with Crippen LogP contribution in [-0.2, 0) is 16.6 Å². The van der Waals surface area contributed by atoms with E-state index in [-0.39, 0.29) is 5.91 Å². The van der Waals surface area contributed by atoms with Crippen molar-refractivity contribution in [2.45, 2.75) is 31.8 Å². The molecule has 2 heterocycles. The van der Waals surface area contributed by atoms with Gasteiger partial charge in [0.25, 0.3) is 0 Å². The zero-order valence-corrected chi connectivity index (χ0v) is 12.3. The van der Waals surface area contributed by atoms with Gasteiger partial charge in [-0.15, -0.1) is 0 Å². The Morgan fingerprint density at radius 3 is 2.95 bits per heavy atom. The molecule has 1 unspecified atom stereocenters. The zero-order valence-electron chi connectivity index (χ0n) is 12.3. The van der Waals surface area contributed by atoms with Crippen LogP contribution in [0.4, 0.5) is 5.82 Å². The maximum absolute atomic E-state index is 12.4. The van der Waals surface area contributed by atoms with Crippen molar-refractivity contribution in [1.82, 2.24) is 15.1 Å². The molecule has 1 aliphatic carbocycles. The number of hydrogen-bond acceptors (Lipinski definition) is 5. The van der Waals surface area contributed by atoms with E-state index in [9.17, 15) is 10.1 Å². The van der Waals surface area contributed by atoms with Crippen LogP contribution < -0.4 is 10.2 Å². The smallest absolute Gasteiger partial charge is 0.245 e. The number of aromatic nitrogens is 2. The Morgan fingerprint density at radius 1 is 1.52 bits per heavy atom. The number of aryl methyl sites for hydroxylation is 2. The third kappa shape index (κ3) is 2.59. The molecule has 1 aromatic rings. The van der Waals surface area contributed by atoms with Gasteiger partial charge in [0.1, 0.15) is 23.5 Å². The van der Waals surface area contributed by atoms with Gasteiger partial charge in [0.05, 0.1) is 18.9 Å². The van der Waals surface area contributed by atoms with Crippen molar-refractivity contribution < 1.29 is 9.53 Å². The molecule has 21 heavy (non-hydrogen) atoms. The van der Waals surface area contributed by atoms with Crippen molar-refractivity contribution >= 4 is 11.7 Å². The highest BCUT2D eigenvalue weighted by molar-refractivity contribution is 5.86. The fourth-order valence-corrected chi connectivity index (χ4v) is 2.71. The van der Waals surface area contributed by atoms with Gasteiger partial charge in [-0.1, -0.05) is 0 Å². The van der Waals surface area contributed by atoms with Crippen molar-refractivity contribution in [3.8, 4) is 6.07 Å². The van der Waals surface area contributed by atoms with Crippen LogP contribution >= 0.6 is 0 Å². The number of morpholine rings is 1. The predicted octanol–water partition coefficient (Wildman–Crippen LogP) is 0.0840. The van der Waals surface area contributed by atoms with Gasteiger partial charge in [-0.25, -0.2) is 0 Å². The van der Waals surface area contributed by atoms with E-state index < -0.39 is 6.04 Å². The third-order valence-corrected chi connectivity index (χ3v) is 3.93. The topological polar surface area (TPSA) is 83.2 Å². The lowest BCUT2D eigenvalue weighted by Crippen LogP contribution is -2.55. The summed E-state index contributed by atoms with van der Waals surface area (Å²) in [5.41, 5.74) is 1.21. The summed E-state index contributed by atoms with van der Waals surface area (Å²) in [6.07, 6.45) is 2.10. The minimum absolute atomic E-state index is 0.0278. The number of nitrogens with one attached hydrogen (secondary N) is 1. The van der Waals surface area contributed by atoms with E-state index in [0.717, 1.165) is 12.8 Å². The summed E-state index contributed by atoms with van der Waals surface area (Å²) in [4.78, 5) is 14.3. The maximum atomic E-state index is 12.4. The van der Waals surface area contributed by atoms with Crippen LogP contribution in [0.2, 0.25) is 0 Å². The first kappa shape index (κ1) is 13.9. The largest absolute Gasteiger partial charge is 0.377 e. The second-order valence-electron chi connectivity index (χ2n) is 5.59. The number of carbonyl (C=O) groups excluding carboxylic acids is 1. The average Bonchev–Trinajstić information content (AvgIpc) is 3.22. The lowest BCUT2D eigenvalue weighted by atomic mass is 10.1. The Labute approximate surface area is 123 Å². The highest BCUT2D eigenvalue weighted by atomic mass is 16.5. The van der Waals surface area contributed by atoms with Gasteiger partial charge >= 0.3 is 0 Å². The monoisotopic (exact) mass is 289 g/mol. The minimum Gasteiger partial charge on any atom is -0.377 e. The summed E-state index contributed by atoms with van der Waals surface area (Å²) in [5, 5.41) is 16.7. The predicted molar refractivity (Wildman–Crippen MR) is 75.8 cm³/mol. The van der Waals surface area contributed by atoms with Crippen LogP contribution in [0, 0.1) is 18.3 Å². The molecule has 1 saturated carbocycles. The molecule has 112 valence electrons. The van der Waals surface area contributed by atoms with Crippen molar-refractivity contribution in [1.29, 1.82) is 5.26 Å². The minimum atomic E-state index is -0.402. The Kier molecular flexibility index (Phi) is 3.55. The molecule has 7 nitrogen and oxygen atoms in total. The first-order valence-electron chi connectivity index (χ1n) is 7.20. The molecule has 3 rings (SSSR count). The summed E-state index contributed by atoms with van der Waals surface area (Å²) in [6, 6.07) is 2.11.